The second-order valence-electron chi connectivity index (χ2n) is 7.47. The van der Waals surface area contributed by atoms with Crippen LogP contribution in [0.25, 0.3) is 0 Å². The maximum Gasteiger partial charge on any atom is 0.279 e. The SMILES string of the molecule is CC(C)c1ccc(S(=O)(=O)N2CC[NH+](CC(=O)Nc3ccccc3)CC2)cc1. The molecule has 0 bridgehead atoms. The normalized spacial score (nSPS) is 16.2. The Hall–Kier alpha value is -2.22. The van der Waals surface area contributed by atoms with Gasteiger partial charge in [-0.15, -0.1) is 0 Å². The lowest BCUT2D eigenvalue weighted by atomic mass is 10.0. The van der Waals surface area contributed by atoms with Gasteiger partial charge in [0.25, 0.3) is 5.91 Å². The van der Waals surface area contributed by atoms with E-state index in [1.165, 1.54) is 4.31 Å². The molecule has 1 aliphatic heterocycles. The highest BCUT2D eigenvalue weighted by molar-refractivity contribution is 7.89. The summed E-state index contributed by atoms with van der Waals surface area (Å²) in [6.45, 7) is 6.58. The molecule has 150 valence electrons. The lowest BCUT2D eigenvalue weighted by Gasteiger charge is -2.31. The van der Waals surface area contributed by atoms with Crippen LogP contribution in [0.4, 0.5) is 5.69 Å². The fraction of sp³-hybridized carbons (Fsp3) is 0.381. The third-order valence-corrected chi connectivity index (χ3v) is 7.00. The number of carbonyl (C=O) groups excluding carboxylic acids is 1. The third-order valence-electron chi connectivity index (χ3n) is 5.08. The second kappa shape index (κ2) is 8.86. The second-order valence-corrected chi connectivity index (χ2v) is 9.41. The van der Waals surface area contributed by atoms with Crippen molar-refractivity contribution in [2.24, 2.45) is 0 Å². The average molecular weight is 403 g/mol. The van der Waals surface area contributed by atoms with Crippen molar-refractivity contribution in [3.05, 3.63) is 60.2 Å². The number of sulfonamides is 1. The topological polar surface area (TPSA) is 70.9 Å². The Balaban J connectivity index is 1.54. The molecule has 0 unspecified atom stereocenters. The van der Waals surface area contributed by atoms with Crippen LogP contribution in [0.1, 0.15) is 25.3 Å². The summed E-state index contributed by atoms with van der Waals surface area (Å²) in [6, 6.07) is 16.5. The summed E-state index contributed by atoms with van der Waals surface area (Å²) in [7, 11) is -3.49. The van der Waals surface area contributed by atoms with E-state index in [0.29, 0.717) is 43.5 Å². The quantitative estimate of drug-likeness (QED) is 0.766. The Kier molecular flexibility index (Phi) is 6.49. The van der Waals surface area contributed by atoms with E-state index in [0.717, 1.165) is 16.2 Å². The molecular weight excluding hydrogens is 374 g/mol. The maximum atomic E-state index is 12.9. The number of amides is 1. The summed E-state index contributed by atoms with van der Waals surface area (Å²) < 4.78 is 27.3. The fourth-order valence-corrected chi connectivity index (χ4v) is 4.79. The van der Waals surface area contributed by atoms with E-state index in [1.54, 1.807) is 12.1 Å². The Morgan fingerprint density at radius 2 is 1.64 bits per heavy atom. The molecule has 0 radical (unpaired) electrons. The van der Waals surface area contributed by atoms with Gasteiger partial charge in [-0.2, -0.15) is 4.31 Å². The molecule has 0 aromatic heterocycles. The van der Waals surface area contributed by atoms with Gasteiger partial charge in [-0.3, -0.25) is 4.79 Å². The van der Waals surface area contributed by atoms with Gasteiger partial charge in [0.15, 0.2) is 6.54 Å². The van der Waals surface area contributed by atoms with Crippen LogP contribution in [0, 0.1) is 0 Å². The molecule has 0 aliphatic carbocycles. The van der Waals surface area contributed by atoms with Gasteiger partial charge in [0.2, 0.25) is 10.0 Å². The van der Waals surface area contributed by atoms with Gasteiger partial charge in [-0.1, -0.05) is 44.2 Å². The molecule has 2 aromatic rings. The fourth-order valence-electron chi connectivity index (χ4n) is 3.35. The molecule has 2 aromatic carbocycles. The molecule has 1 amide bonds. The Morgan fingerprint density at radius 1 is 1.04 bits per heavy atom. The van der Waals surface area contributed by atoms with Crippen LogP contribution in [0.2, 0.25) is 0 Å². The zero-order valence-corrected chi connectivity index (χ0v) is 17.2. The number of benzene rings is 2. The zero-order valence-electron chi connectivity index (χ0n) is 16.4. The van der Waals surface area contributed by atoms with Gasteiger partial charge in [-0.05, 0) is 35.7 Å². The molecule has 7 heteroatoms. The molecule has 1 saturated heterocycles. The number of piperazine rings is 1. The molecule has 1 heterocycles. The molecule has 0 saturated carbocycles. The van der Waals surface area contributed by atoms with Crippen molar-refractivity contribution in [1.29, 1.82) is 0 Å². The van der Waals surface area contributed by atoms with Crippen molar-refractivity contribution in [1.82, 2.24) is 4.31 Å². The molecule has 28 heavy (non-hydrogen) atoms. The molecule has 2 N–H and O–H groups in total. The van der Waals surface area contributed by atoms with Gasteiger partial charge in [-0.25, -0.2) is 8.42 Å². The minimum absolute atomic E-state index is 0.0539. The molecular formula is C21H28N3O3S+. The molecule has 6 nitrogen and oxygen atoms in total. The first kappa shape index (κ1) is 20.5. The first-order valence-corrected chi connectivity index (χ1v) is 11.1. The van der Waals surface area contributed by atoms with Crippen LogP contribution in [0.5, 0.6) is 0 Å². The predicted molar refractivity (Wildman–Crippen MR) is 110 cm³/mol. The minimum Gasteiger partial charge on any atom is -0.325 e. The van der Waals surface area contributed by atoms with Crippen LogP contribution in [-0.4, -0.2) is 51.4 Å². The van der Waals surface area contributed by atoms with E-state index in [4.69, 9.17) is 0 Å². The van der Waals surface area contributed by atoms with Crippen molar-refractivity contribution in [2.45, 2.75) is 24.7 Å². The van der Waals surface area contributed by atoms with E-state index in [9.17, 15) is 13.2 Å². The Bertz CT molecular complexity index is 888. The summed E-state index contributed by atoms with van der Waals surface area (Å²) in [5.41, 5.74) is 1.90. The van der Waals surface area contributed by atoms with Gasteiger partial charge in [0.05, 0.1) is 31.1 Å². The number of hydrogen-bond acceptors (Lipinski definition) is 3. The van der Waals surface area contributed by atoms with Crippen LogP contribution < -0.4 is 10.2 Å². The molecule has 1 fully saturated rings. The minimum atomic E-state index is -3.49. The molecule has 0 spiro atoms. The van der Waals surface area contributed by atoms with Crippen molar-refractivity contribution < 1.29 is 18.1 Å². The lowest BCUT2D eigenvalue weighted by Crippen LogP contribution is -3.15. The highest BCUT2D eigenvalue weighted by Gasteiger charge is 2.31. The van der Waals surface area contributed by atoms with E-state index in [2.05, 4.69) is 19.2 Å². The van der Waals surface area contributed by atoms with Crippen molar-refractivity contribution in [3.63, 3.8) is 0 Å². The molecule has 0 atom stereocenters. The van der Waals surface area contributed by atoms with Crippen LogP contribution >= 0.6 is 0 Å². The van der Waals surface area contributed by atoms with Crippen LogP contribution in [-0.2, 0) is 14.8 Å². The summed E-state index contributed by atoms with van der Waals surface area (Å²) in [4.78, 5) is 13.6. The van der Waals surface area contributed by atoms with Gasteiger partial charge < -0.3 is 10.2 Å². The highest BCUT2D eigenvalue weighted by Crippen LogP contribution is 2.20. The first-order valence-electron chi connectivity index (χ1n) is 9.65. The number of para-hydroxylation sites is 1. The zero-order chi connectivity index (χ0) is 20.1. The lowest BCUT2D eigenvalue weighted by molar-refractivity contribution is -0.895. The number of nitrogens with zero attached hydrogens (tertiary/aromatic N) is 1. The Labute approximate surface area is 167 Å². The average Bonchev–Trinajstić information content (AvgIpc) is 2.69. The number of carbonyl (C=O) groups is 1. The van der Waals surface area contributed by atoms with E-state index in [1.807, 2.05) is 42.5 Å². The van der Waals surface area contributed by atoms with Crippen molar-refractivity contribution >= 4 is 21.6 Å². The standard InChI is InChI=1S/C21H27N3O3S/c1-17(2)18-8-10-20(11-9-18)28(26,27)24-14-12-23(13-15-24)16-21(25)22-19-6-4-3-5-7-19/h3-11,17H,12-16H2,1-2H3,(H,22,25)/p+1. The van der Waals surface area contributed by atoms with E-state index in [-0.39, 0.29) is 5.91 Å². The van der Waals surface area contributed by atoms with Crippen LogP contribution in [0.15, 0.2) is 59.5 Å². The smallest absolute Gasteiger partial charge is 0.279 e. The third kappa shape index (κ3) is 4.98. The summed E-state index contributed by atoms with van der Waals surface area (Å²) >= 11 is 0. The number of nitrogens with one attached hydrogen (secondary N) is 2. The van der Waals surface area contributed by atoms with Crippen molar-refractivity contribution in [2.75, 3.05) is 38.0 Å². The number of quaternary nitrogens is 1. The summed E-state index contributed by atoms with van der Waals surface area (Å²) in [6.07, 6.45) is 0. The first-order chi connectivity index (χ1) is 13.4. The van der Waals surface area contributed by atoms with Crippen molar-refractivity contribution in [3.8, 4) is 0 Å². The van der Waals surface area contributed by atoms with Gasteiger partial charge in [0.1, 0.15) is 0 Å². The van der Waals surface area contributed by atoms with E-state index < -0.39 is 10.0 Å². The maximum absolute atomic E-state index is 12.9. The van der Waals surface area contributed by atoms with Gasteiger partial charge in [0, 0.05) is 5.69 Å². The van der Waals surface area contributed by atoms with E-state index >= 15 is 0 Å². The largest absolute Gasteiger partial charge is 0.325 e. The highest BCUT2D eigenvalue weighted by atomic mass is 32.2. The van der Waals surface area contributed by atoms with Gasteiger partial charge >= 0.3 is 0 Å². The molecule has 1 aliphatic rings. The number of rotatable bonds is 6. The molecule has 3 rings (SSSR count). The number of hydrogen-bond donors (Lipinski definition) is 2. The monoisotopic (exact) mass is 402 g/mol. The summed E-state index contributed by atoms with van der Waals surface area (Å²) in [5.74, 6) is 0.313. The van der Waals surface area contributed by atoms with Crippen LogP contribution in [0.3, 0.4) is 0 Å². The Morgan fingerprint density at radius 3 is 2.21 bits per heavy atom. The predicted octanol–water partition coefficient (Wildman–Crippen LogP) is 1.34. The number of anilines is 1. The summed E-state index contributed by atoms with van der Waals surface area (Å²) in [5, 5.41) is 2.88.